The largest absolute Gasteiger partial charge is 0.336 e. The Morgan fingerprint density at radius 1 is 1.23 bits per heavy atom. The summed E-state index contributed by atoms with van der Waals surface area (Å²) in [6, 6.07) is 6.22. The molecule has 2 heterocycles. The molecule has 1 aromatic carbocycles. The average molecular weight is 301 g/mol. The summed E-state index contributed by atoms with van der Waals surface area (Å²) in [5, 5.41) is 0.668. The summed E-state index contributed by atoms with van der Waals surface area (Å²) < 4.78 is 13.4. The highest BCUT2D eigenvalue weighted by atomic mass is 19.1. The number of amides is 1. The van der Waals surface area contributed by atoms with Crippen molar-refractivity contribution >= 4 is 16.8 Å². The summed E-state index contributed by atoms with van der Waals surface area (Å²) >= 11 is 0. The number of aryl methyl sites for hydroxylation is 1. The number of likely N-dealkylation sites (N-methyl/N-ethyl adjacent to an activating group) is 1. The molecule has 0 unspecified atom stereocenters. The van der Waals surface area contributed by atoms with Crippen LogP contribution in [-0.2, 0) is 0 Å². The third-order valence-corrected chi connectivity index (χ3v) is 4.30. The summed E-state index contributed by atoms with van der Waals surface area (Å²) in [6.45, 7) is 8.23. The number of fused-ring (bicyclic) bond motifs is 1. The molecule has 4 nitrogen and oxygen atoms in total. The van der Waals surface area contributed by atoms with Crippen LogP contribution in [0.25, 0.3) is 10.9 Å². The molecular weight excluding hydrogens is 281 g/mol. The molecule has 1 saturated heterocycles. The second-order valence-corrected chi connectivity index (χ2v) is 5.68. The van der Waals surface area contributed by atoms with E-state index in [9.17, 15) is 9.18 Å². The minimum absolute atomic E-state index is 0.00749. The molecule has 0 N–H and O–H groups in total. The number of hydrogen-bond donors (Lipinski definition) is 0. The minimum Gasteiger partial charge on any atom is -0.336 e. The molecule has 2 aromatic rings. The standard InChI is InChI=1S/C17H20FN3O/c1-3-20-6-8-21(9-7-20)17(22)15-11-13-10-14(18)4-5-16(13)19-12(15)2/h4-5,10-11H,3,6-9H2,1-2H3. The number of carbonyl (C=O) groups is 1. The number of hydrogen-bond acceptors (Lipinski definition) is 3. The van der Waals surface area contributed by atoms with Crippen LogP contribution in [0.2, 0.25) is 0 Å². The zero-order chi connectivity index (χ0) is 15.7. The zero-order valence-electron chi connectivity index (χ0n) is 13.0. The van der Waals surface area contributed by atoms with Crippen LogP contribution in [0.4, 0.5) is 4.39 Å². The first-order valence-electron chi connectivity index (χ1n) is 7.67. The fourth-order valence-corrected chi connectivity index (χ4v) is 2.90. The molecule has 5 heteroatoms. The molecule has 1 fully saturated rings. The molecule has 1 aromatic heterocycles. The maximum Gasteiger partial charge on any atom is 0.255 e. The lowest BCUT2D eigenvalue weighted by Gasteiger charge is -2.34. The summed E-state index contributed by atoms with van der Waals surface area (Å²) in [6.07, 6.45) is 0. The lowest BCUT2D eigenvalue weighted by atomic mass is 10.1. The third-order valence-electron chi connectivity index (χ3n) is 4.30. The van der Waals surface area contributed by atoms with E-state index in [1.54, 1.807) is 12.1 Å². The summed E-state index contributed by atoms with van der Waals surface area (Å²) in [4.78, 5) is 21.3. The predicted octanol–water partition coefficient (Wildman–Crippen LogP) is 2.46. The van der Waals surface area contributed by atoms with Gasteiger partial charge in [0.2, 0.25) is 0 Å². The van der Waals surface area contributed by atoms with Crippen LogP contribution in [-0.4, -0.2) is 53.4 Å². The lowest BCUT2D eigenvalue weighted by Crippen LogP contribution is -2.48. The molecule has 1 aliphatic heterocycles. The van der Waals surface area contributed by atoms with Gasteiger partial charge in [-0.15, -0.1) is 0 Å². The first-order chi connectivity index (χ1) is 10.6. The van der Waals surface area contributed by atoms with E-state index in [0.717, 1.165) is 32.7 Å². The molecular formula is C17H20FN3O. The van der Waals surface area contributed by atoms with E-state index in [-0.39, 0.29) is 11.7 Å². The summed E-state index contributed by atoms with van der Waals surface area (Å²) in [5.41, 5.74) is 1.98. The molecule has 1 amide bonds. The first kappa shape index (κ1) is 14.9. The summed E-state index contributed by atoms with van der Waals surface area (Å²) in [5.74, 6) is -0.319. The van der Waals surface area contributed by atoms with Crippen molar-refractivity contribution in [2.24, 2.45) is 0 Å². The van der Waals surface area contributed by atoms with Gasteiger partial charge in [0.1, 0.15) is 5.82 Å². The molecule has 0 radical (unpaired) electrons. The van der Waals surface area contributed by atoms with Gasteiger partial charge < -0.3 is 9.80 Å². The highest BCUT2D eigenvalue weighted by Crippen LogP contribution is 2.19. The number of pyridine rings is 1. The van der Waals surface area contributed by atoms with E-state index < -0.39 is 0 Å². The van der Waals surface area contributed by atoms with Gasteiger partial charge in [-0.25, -0.2) is 4.39 Å². The predicted molar refractivity (Wildman–Crippen MR) is 84.5 cm³/mol. The Labute approximate surface area is 129 Å². The molecule has 0 saturated carbocycles. The monoisotopic (exact) mass is 301 g/mol. The molecule has 0 bridgehead atoms. The highest BCUT2D eigenvalue weighted by Gasteiger charge is 2.23. The van der Waals surface area contributed by atoms with Crippen molar-refractivity contribution in [3.63, 3.8) is 0 Å². The van der Waals surface area contributed by atoms with Gasteiger partial charge in [-0.2, -0.15) is 0 Å². The SMILES string of the molecule is CCN1CCN(C(=O)c2cc3cc(F)ccc3nc2C)CC1. The zero-order valence-corrected chi connectivity index (χ0v) is 13.0. The van der Waals surface area contributed by atoms with Gasteiger partial charge >= 0.3 is 0 Å². The van der Waals surface area contributed by atoms with E-state index in [2.05, 4.69) is 16.8 Å². The van der Waals surface area contributed by atoms with Crippen LogP contribution >= 0.6 is 0 Å². The van der Waals surface area contributed by atoms with Crippen LogP contribution in [0.5, 0.6) is 0 Å². The quantitative estimate of drug-likeness (QED) is 0.855. The van der Waals surface area contributed by atoms with Crippen LogP contribution in [0.1, 0.15) is 23.0 Å². The van der Waals surface area contributed by atoms with Gasteiger partial charge in [-0.1, -0.05) is 6.92 Å². The van der Waals surface area contributed by atoms with E-state index in [0.29, 0.717) is 22.2 Å². The second kappa shape index (κ2) is 6.01. The Morgan fingerprint density at radius 3 is 2.64 bits per heavy atom. The van der Waals surface area contributed by atoms with Gasteiger partial charge in [0.25, 0.3) is 5.91 Å². The third kappa shape index (κ3) is 2.81. The van der Waals surface area contributed by atoms with E-state index in [1.807, 2.05) is 11.8 Å². The Balaban J connectivity index is 1.89. The van der Waals surface area contributed by atoms with Crippen LogP contribution < -0.4 is 0 Å². The maximum absolute atomic E-state index is 13.4. The average Bonchev–Trinajstić information content (AvgIpc) is 2.54. The molecule has 0 aliphatic carbocycles. The Kier molecular flexibility index (Phi) is 4.07. The van der Waals surface area contributed by atoms with Gasteiger partial charge in [-0.3, -0.25) is 9.78 Å². The Hall–Kier alpha value is -2.01. The molecule has 0 spiro atoms. The Morgan fingerprint density at radius 2 is 1.95 bits per heavy atom. The topological polar surface area (TPSA) is 36.4 Å². The van der Waals surface area contributed by atoms with Crippen molar-refractivity contribution in [1.82, 2.24) is 14.8 Å². The van der Waals surface area contributed by atoms with Crippen molar-refractivity contribution in [3.8, 4) is 0 Å². The fourth-order valence-electron chi connectivity index (χ4n) is 2.90. The van der Waals surface area contributed by atoms with Gasteiger partial charge in [0.05, 0.1) is 16.8 Å². The molecule has 0 atom stereocenters. The van der Waals surface area contributed by atoms with Crippen molar-refractivity contribution < 1.29 is 9.18 Å². The van der Waals surface area contributed by atoms with Gasteiger partial charge in [-0.05, 0) is 37.7 Å². The van der Waals surface area contributed by atoms with Crippen molar-refractivity contribution in [1.29, 1.82) is 0 Å². The maximum atomic E-state index is 13.4. The molecule has 116 valence electrons. The number of rotatable bonds is 2. The van der Waals surface area contributed by atoms with Gasteiger partial charge in [0, 0.05) is 31.6 Å². The van der Waals surface area contributed by atoms with Crippen molar-refractivity contribution in [2.45, 2.75) is 13.8 Å². The molecule has 3 rings (SSSR count). The van der Waals surface area contributed by atoms with Gasteiger partial charge in [0.15, 0.2) is 0 Å². The number of carbonyl (C=O) groups excluding carboxylic acids is 1. The number of benzene rings is 1. The van der Waals surface area contributed by atoms with Crippen LogP contribution in [0, 0.1) is 12.7 Å². The summed E-state index contributed by atoms with van der Waals surface area (Å²) in [7, 11) is 0. The fraction of sp³-hybridized carbons (Fsp3) is 0.412. The van der Waals surface area contributed by atoms with Crippen LogP contribution in [0.3, 0.4) is 0 Å². The molecule has 1 aliphatic rings. The second-order valence-electron chi connectivity index (χ2n) is 5.68. The number of halogens is 1. The Bertz CT molecular complexity index is 708. The van der Waals surface area contributed by atoms with Crippen molar-refractivity contribution in [2.75, 3.05) is 32.7 Å². The van der Waals surface area contributed by atoms with Crippen LogP contribution in [0.15, 0.2) is 24.3 Å². The van der Waals surface area contributed by atoms with Crippen molar-refractivity contribution in [3.05, 3.63) is 41.3 Å². The number of piperazine rings is 1. The van der Waals surface area contributed by atoms with E-state index >= 15 is 0 Å². The lowest BCUT2D eigenvalue weighted by molar-refractivity contribution is 0.0642. The molecule has 22 heavy (non-hydrogen) atoms. The first-order valence-corrected chi connectivity index (χ1v) is 7.67. The van der Waals surface area contributed by atoms with E-state index in [1.165, 1.54) is 12.1 Å². The van der Waals surface area contributed by atoms with E-state index in [4.69, 9.17) is 0 Å². The normalized spacial score (nSPS) is 16.2. The highest BCUT2D eigenvalue weighted by molar-refractivity contribution is 5.98. The number of nitrogens with zero attached hydrogens (tertiary/aromatic N) is 3. The smallest absolute Gasteiger partial charge is 0.255 e. The minimum atomic E-state index is -0.312. The number of aromatic nitrogens is 1.